The van der Waals surface area contributed by atoms with E-state index in [1.54, 1.807) is 25.2 Å². The lowest BCUT2D eigenvalue weighted by Gasteiger charge is -2.24. The van der Waals surface area contributed by atoms with E-state index in [0.717, 1.165) is 0 Å². The third kappa shape index (κ3) is 2.05. The number of benzene rings is 1. The highest BCUT2D eigenvalue weighted by Gasteiger charge is 2.39. The summed E-state index contributed by atoms with van der Waals surface area (Å²) in [4.78, 5) is 12.0. The topological polar surface area (TPSA) is 75.3 Å². The minimum Gasteiger partial charge on any atom is -0.324 e. The van der Waals surface area contributed by atoms with Crippen LogP contribution in [0.1, 0.15) is 6.42 Å². The normalized spacial score (nSPS) is 21.7. The van der Waals surface area contributed by atoms with E-state index in [-0.39, 0.29) is 11.3 Å². The van der Waals surface area contributed by atoms with Crippen molar-refractivity contribution in [3.8, 4) is 0 Å². The molecule has 0 radical (unpaired) electrons. The molecule has 1 amide bonds. The number of nitrogens with one attached hydrogen (secondary N) is 2. The molecule has 0 saturated carbocycles. The maximum atomic E-state index is 12.2. The molecule has 6 heteroatoms. The number of amides is 1. The Kier molecular flexibility index (Phi) is 3.17. The van der Waals surface area contributed by atoms with Gasteiger partial charge in [0, 0.05) is 0 Å². The van der Waals surface area contributed by atoms with Crippen molar-refractivity contribution in [2.75, 3.05) is 18.9 Å². The van der Waals surface area contributed by atoms with Gasteiger partial charge in [0.05, 0.1) is 10.6 Å². The van der Waals surface area contributed by atoms with Crippen molar-refractivity contribution in [3.05, 3.63) is 24.3 Å². The number of carbonyl (C=O) groups is 1. The zero-order chi connectivity index (χ0) is 12.5. The summed E-state index contributed by atoms with van der Waals surface area (Å²) in [5, 5.41) is 4.49. The molecule has 2 rings (SSSR count). The Morgan fingerprint density at radius 3 is 2.76 bits per heavy atom. The van der Waals surface area contributed by atoms with Crippen LogP contribution < -0.4 is 10.6 Å². The Morgan fingerprint density at radius 2 is 2.06 bits per heavy atom. The molecular formula is C11H14N2O3S. The number of sulfone groups is 1. The molecule has 5 nitrogen and oxygen atoms in total. The largest absolute Gasteiger partial charge is 0.324 e. The van der Waals surface area contributed by atoms with Gasteiger partial charge >= 0.3 is 0 Å². The summed E-state index contributed by atoms with van der Waals surface area (Å²) in [7, 11) is -1.83. The molecule has 1 atom stereocenters. The molecule has 0 spiro atoms. The van der Waals surface area contributed by atoms with E-state index in [4.69, 9.17) is 0 Å². The molecule has 1 aliphatic heterocycles. The van der Waals surface area contributed by atoms with Crippen molar-refractivity contribution >= 4 is 21.4 Å². The number of hydrogen-bond acceptors (Lipinski definition) is 4. The van der Waals surface area contributed by atoms with Crippen molar-refractivity contribution in [1.29, 1.82) is 0 Å². The summed E-state index contributed by atoms with van der Waals surface area (Å²) in [6.07, 6.45) is 0.277. The van der Waals surface area contributed by atoms with E-state index in [1.165, 1.54) is 6.07 Å². The van der Waals surface area contributed by atoms with E-state index in [1.807, 2.05) is 0 Å². The van der Waals surface area contributed by atoms with Gasteiger partial charge < -0.3 is 10.6 Å². The van der Waals surface area contributed by atoms with Crippen LogP contribution in [0.3, 0.4) is 0 Å². The van der Waals surface area contributed by atoms with Gasteiger partial charge in [-0.1, -0.05) is 12.1 Å². The molecular weight excluding hydrogens is 240 g/mol. The Labute approximate surface area is 100 Å². The average Bonchev–Trinajstić information content (AvgIpc) is 2.28. The van der Waals surface area contributed by atoms with Crippen LogP contribution in [0.25, 0.3) is 0 Å². The SMILES string of the molecule is CNCCC1C(=O)Nc2ccccc2S1(=O)=O. The van der Waals surface area contributed by atoms with Crippen LogP contribution in [0, 0.1) is 0 Å². The molecule has 1 aromatic carbocycles. The molecule has 0 fully saturated rings. The van der Waals surface area contributed by atoms with Gasteiger partial charge in [0.2, 0.25) is 5.91 Å². The Balaban J connectivity index is 2.44. The lowest BCUT2D eigenvalue weighted by molar-refractivity contribution is -0.116. The van der Waals surface area contributed by atoms with E-state index in [2.05, 4.69) is 10.6 Å². The van der Waals surface area contributed by atoms with Gasteiger partial charge in [0.1, 0.15) is 5.25 Å². The number of hydrogen-bond donors (Lipinski definition) is 2. The number of carbonyl (C=O) groups excluding carboxylic acids is 1. The quantitative estimate of drug-likeness (QED) is 0.818. The second-order valence-electron chi connectivity index (χ2n) is 3.91. The van der Waals surface area contributed by atoms with Crippen molar-refractivity contribution in [2.24, 2.45) is 0 Å². The van der Waals surface area contributed by atoms with E-state index < -0.39 is 21.0 Å². The molecule has 0 aliphatic carbocycles. The minimum absolute atomic E-state index is 0.209. The molecule has 1 aromatic rings. The molecule has 17 heavy (non-hydrogen) atoms. The van der Waals surface area contributed by atoms with Crippen molar-refractivity contribution in [1.82, 2.24) is 5.32 Å². The average molecular weight is 254 g/mol. The number of para-hydroxylation sites is 1. The van der Waals surface area contributed by atoms with Crippen LogP contribution in [0.5, 0.6) is 0 Å². The van der Waals surface area contributed by atoms with Gasteiger partial charge in [0.25, 0.3) is 0 Å². The van der Waals surface area contributed by atoms with Gasteiger partial charge in [0.15, 0.2) is 9.84 Å². The first-order valence-corrected chi connectivity index (χ1v) is 6.90. The summed E-state index contributed by atoms with van der Waals surface area (Å²) in [6, 6.07) is 6.47. The Bertz CT molecular complexity index is 539. The fraction of sp³-hybridized carbons (Fsp3) is 0.364. The standard InChI is InChI=1S/C11H14N2O3S/c1-12-7-6-10-11(14)13-8-4-2-3-5-9(8)17(10,15)16/h2-5,10,12H,6-7H2,1H3,(H,13,14). The third-order valence-corrected chi connectivity index (χ3v) is 4.94. The first kappa shape index (κ1) is 12.1. The number of fused-ring (bicyclic) bond motifs is 1. The summed E-state index contributed by atoms with van der Waals surface area (Å²) >= 11 is 0. The van der Waals surface area contributed by atoms with Crippen LogP contribution >= 0.6 is 0 Å². The molecule has 1 unspecified atom stereocenters. The molecule has 1 aliphatic rings. The number of rotatable bonds is 3. The Morgan fingerprint density at radius 1 is 1.35 bits per heavy atom. The third-order valence-electron chi connectivity index (χ3n) is 2.77. The van der Waals surface area contributed by atoms with Gasteiger partial charge in [-0.25, -0.2) is 8.42 Å². The van der Waals surface area contributed by atoms with Crippen molar-refractivity contribution < 1.29 is 13.2 Å². The lowest BCUT2D eigenvalue weighted by Crippen LogP contribution is -2.41. The van der Waals surface area contributed by atoms with Gasteiger partial charge in [-0.2, -0.15) is 0 Å². The summed E-state index contributed by atoms with van der Waals surface area (Å²) in [6.45, 7) is 0.486. The van der Waals surface area contributed by atoms with E-state index >= 15 is 0 Å². The highest BCUT2D eigenvalue weighted by molar-refractivity contribution is 7.93. The maximum Gasteiger partial charge on any atom is 0.243 e. The monoisotopic (exact) mass is 254 g/mol. The summed E-state index contributed by atoms with van der Waals surface area (Å²) < 4.78 is 24.5. The van der Waals surface area contributed by atoms with Crippen LogP contribution in [0.4, 0.5) is 5.69 Å². The fourth-order valence-corrected chi connectivity index (χ4v) is 3.66. The molecule has 1 heterocycles. The first-order chi connectivity index (χ1) is 8.07. The van der Waals surface area contributed by atoms with Gasteiger partial charge in [-0.3, -0.25) is 4.79 Å². The predicted molar refractivity (Wildman–Crippen MR) is 64.6 cm³/mol. The lowest BCUT2D eigenvalue weighted by atomic mass is 10.2. The maximum absolute atomic E-state index is 12.2. The van der Waals surface area contributed by atoms with Gasteiger partial charge in [-0.05, 0) is 32.1 Å². The van der Waals surface area contributed by atoms with E-state index in [0.29, 0.717) is 12.2 Å². The molecule has 0 bridgehead atoms. The second-order valence-corrected chi connectivity index (χ2v) is 6.01. The van der Waals surface area contributed by atoms with Crippen LogP contribution in [0.2, 0.25) is 0 Å². The van der Waals surface area contributed by atoms with Crippen molar-refractivity contribution in [2.45, 2.75) is 16.6 Å². The Hall–Kier alpha value is -1.40. The summed E-state index contributed by atoms with van der Waals surface area (Å²) in [5.74, 6) is -0.445. The fourth-order valence-electron chi connectivity index (χ4n) is 1.89. The van der Waals surface area contributed by atoms with Crippen LogP contribution in [-0.4, -0.2) is 33.2 Å². The van der Waals surface area contributed by atoms with Crippen molar-refractivity contribution in [3.63, 3.8) is 0 Å². The molecule has 0 saturated heterocycles. The smallest absolute Gasteiger partial charge is 0.243 e. The highest BCUT2D eigenvalue weighted by atomic mass is 32.2. The van der Waals surface area contributed by atoms with E-state index in [9.17, 15) is 13.2 Å². The summed E-state index contributed by atoms with van der Waals surface area (Å²) in [5.41, 5.74) is 0.373. The first-order valence-electron chi connectivity index (χ1n) is 5.36. The molecule has 92 valence electrons. The predicted octanol–water partition coefficient (Wildman–Crippen LogP) is 0.390. The number of anilines is 1. The molecule has 2 N–H and O–H groups in total. The minimum atomic E-state index is -3.56. The van der Waals surface area contributed by atoms with Crippen LogP contribution in [-0.2, 0) is 14.6 Å². The van der Waals surface area contributed by atoms with Gasteiger partial charge in [-0.15, -0.1) is 0 Å². The highest BCUT2D eigenvalue weighted by Crippen LogP contribution is 2.30. The molecule has 0 aromatic heterocycles. The zero-order valence-electron chi connectivity index (χ0n) is 9.43. The van der Waals surface area contributed by atoms with Crippen LogP contribution in [0.15, 0.2) is 29.2 Å². The second kappa shape index (κ2) is 4.46. The zero-order valence-corrected chi connectivity index (χ0v) is 10.3.